The molecule has 8 nitrogen and oxygen atoms in total. The molecule has 0 aromatic heterocycles. The van der Waals surface area contributed by atoms with E-state index in [-0.39, 0.29) is 35.6 Å². The molecule has 2 aromatic rings. The van der Waals surface area contributed by atoms with Crippen LogP contribution in [0.3, 0.4) is 0 Å². The fourth-order valence-electron chi connectivity index (χ4n) is 3.14. The van der Waals surface area contributed by atoms with Crippen LogP contribution in [-0.4, -0.2) is 44.6 Å². The van der Waals surface area contributed by atoms with Crippen molar-refractivity contribution < 1.29 is 22.8 Å². The minimum Gasteiger partial charge on any atom is -0.326 e. The molecule has 2 N–H and O–H groups in total. The Morgan fingerprint density at radius 3 is 2.24 bits per heavy atom. The highest BCUT2D eigenvalue weighted by Crippen LogP contribution is 2.23. The topological polar surface area (TPSA) is 113 Å². The van der Waals surface area contributed by atoms with Gasteiger partial charge in [0.05, 0.1) is 16.0 Å². The molecule has 152 valence electrons. The number of rotatable bonds is 7. The van der Waals surface area contributed by atoms with Gasteiger partial charge in [-0.15, -0.1) is 0 Å². The number of nitrogens with one attached hydrogen (secondary N) is 2. The molecule has 0 atom stereocenters. The number of anilines is 1. The lowest BCUT2D eigenvalue weighted by Gasteiger charge is -2.14. The van der Waals surface area contributed by atoms with Gasteiger partial charge in [0.15, 0.2) is 0 Å². The summed E-state index contributed by atoms with van der Waals surface area (Å²) in [7, 11) is -2.32. The van der Waals surface area contributed by atoms with E-state index in [1.165, 1.54) is 13.1 Å². The smallest absolute Gasteiger partial charge is 0.261 e. The molecule has 1 heterocycles. The highest BCUT2D eigenvalue weighted by atomic mass is 32.2. The van der Waals surface area contributed by atoms with Crippen molar-refractivity contribution in [1.82, 2.24) is 9.62 Å². The van der Waals surface area contributed by atoms with E-state index < -0.39 is 10.0 Å². The van der Waals surface area contributed by atoms with Crippen LogP contribution in [0.1, 0.15) is 39.1 Å². The van der Waals surface area contributed by atoms with E-state index in [0.717, 1.165) is 4.90 Å². The van der Waals surface area contributed by atoms with Crippen LogP contribution in [0.25, 0.3) is 0 Å². The highest BCUT2D eigenvalue weighted by Gasteiger charge is 2.34. The zero-order chi connectivity index (χ0) is 21.2. The third-order valence-corrected chi connectivity index (χ3v) is 6.25. The first-order chi connectivity index (χ1) is 13.7. The predicted molar refractivity (Wildman–Crippen MR) is 107 cm³/mol. The number of sulfonamides is 1. The highest BCUT2D eigenvalue weighted by molar-refractivity contribution is 7.89. The Labute approximate surface area is 169 Å². The summed E-state index contributed by atoms with van der Waals surface area (Å²) in [4.78, 5) is 38.1. The summed E-state index contributed by atoms with van der Waals surface area (Å²) in [5, 5.41) is 2.65. The summed E-state index contributed by atoms with van der Waals surface area (Å²) in [6.07, 6.45) is 0.375. The van der Waals surface area contributed by atoms with Gasteiger partial charge in [0, 0.05) is 18.7 Å². The minimum absolute atomic E-state index is 0.0788. The first kappa shape index (κ1) is 20.7. The van der Waals surface area contributed by atoms with E-state index in [2.05, 4.69) is 10.0 Å². The van der Waals surface area contributed by atoms with E-state index in [9.17, 15) is 22.8 Å². The second-order valence-corrected chi connectivity index (χ2v) is 8.50. The van der Waals surface area contributed by atoms with Gasteiger partial charge in [-0.2, -0.15) is 0 Å². The standard InChI is InChI=1S/C20H21N3O5S/c1-13-9-10-14(12-17(13)29(27,28)21-2)22-18(24)8-5-11-23-19(25)15-6-3-4-7-16(15)20(23)26/h3-4,6-7,9-10,12,21H,5,8,11H2,1-2H3,(H,22,24). The van der Waals surface area contributed by atoms with Gasteiger partial charge in [0.1, 0.15) is 0 Å². The molecule has 0 saturated carbocycles. The van der Waals surface area contributed by atoms with Crippen LogP contribution in [-0.2, 0) is 14.8 Å². The first-order valence-corrected chi connectivity index (χ1v) is 10.5. The Hall–Kier alpha value is -3.04. The molecule has 9 heteroatoms. The van der Waals surface area contributed by atoms with Crippen molar-refractivity contribution >= 4 is 33.4 Å². The van der Waals surface area contributed by atoms with Gasteiger partial charge >= 0.3 is 0 Å². The maximum absolute atomic E-state index is 12.3. The SMILES string of the molecule is CNS(=O)(=O)c1cc(NC(=O)CCCN2C(=O)c3ccccc3C2=O)ccc1C. The number of carbonyl (C=O) groups excluding carboxylic acids is 3. The maximum atomic E-state index is 12.3. The van der Waals surface area contributed by atoms with Crippen molar-refractivity contribution in [3.63, 3.8) is 0 Å². The third kappa shape index (κ3) is 4.20. The molecule has 1 aliphatic heterocycles. The van der Waals surface area contributed by atoms with Gasteiger partial charge in [-0.05, 0) is 50.2 Å². The molecule has 2 aromatic carbocycles. The Kier molecular flexibility index (Phi) is 5.81. The van der Waals surface area contributed by atoms with Crippen LogP contribution in [0.5, 0.6) is 0 Å². The van der Waals surface area contributed by atoms with Gasteiger partial charge in [-0.1, -0.05) is 18.2 Å². The Morgan fingerprint density at radius 2 is 1.66 bits per heavy atom. The molecule has 0 aliphatic carbocycles. The normalized spacial score (nSPS) is 13.5. The van der Waals surface area contributed by atoms with Gasteiger partial charge in [-0.25, -0.2) is 13.1 Å². The zero-order valence-electron chi connectivity index (χ0n) is 16.1. The quantitative estimate of drug-likeness (QED) is 0.671. The summed E-state index contributed by atoms with van der Waals surface area (Å²) in [5.41, 5.74) is 1.66. The molecular weight excluding hydrogens is 394 g/mol. The molecule has 3 rings (SSSR count). The van der Waals surface area contributed by atoms with Crippen molar-refractivity contribution in [2.75, 3.05) is 18.9 Å². The van der Waals surface area contributed by atoms with Crippen molar-refractivity contribution in [2.45, 2.75) is 24.7 Å². The van der Waals surface area contributed by atoms with E-state index in [1.807, 2.05) is 0 Å². The van der Waals surface area contributed by atoms with Crippen LogP contribution in [0.4, 0.5) is 5.69 Å². The van der Waals surface area contributed by atoms with Crippen molar-refractivity contribution in [1.29, 1.82) is 0 Å². The van der Waals surface area contributed by atoms with Crippen molar-refractivity contribution in [2.24, 2.45) is 0 Å². The first-order valence-electron chi connectivity index (χ1n) is 9.04. The van der Waals surface area contributed by atoms with E-state index in [1.54, 1.807) is 43.3 Å². The van der Waals surface area contributed by atoms with Gasteiger partial charge in [0.25, 0.3) is 11.8 Å². The molecule has 0 fully saturated rings. The lowest BCUT2D eigenvalue weighted by Crippen LogP contribution is -2.31. The van der Waals surface area contributed by atoms with E-state index >= 15 is 0 Å². The molecule has 1 aliphatic rings. The second-order valence-electron chi connectivity index (χ2n) is 6.65. The fourth-order valence-corrected chi connectivity index (χ4v) is 4.13. The number of imide groups is 1. The molecule has 0 radical (unpaired) electrons. The Bertz CT molecular complexity index is 1060. The number of hydrogen-bond acceptors (Lipinski definition) is 5. The van der Waals surface area contributed by atoms with Gasteiger partial charge in [-0.3, -0.25) is 19.3 Å². The molecule has 29 heavy (non-hydrogen) atoms. The fraction of sp³-hybridized carbons (Fsp3) is 0.250. The summed E-state index contributed by atoms with van der Waals surface area (Å²) in [6.45, 7) is 1.80. The van der Waals surface area contributed by atoms with Crippen LogP contribution in [0.15, 0.2) is 47.4 Å². The average Bonchev–Trinajstić information content (AvgIpc) is 2.94. The number of hydrogen-bond donors (Lipinski definition) is 2. The van der Waals surface area contributed by atoms with Crippen molar-refractivity contribution in [3.8, 4) is 0 Å². The molecule has 0 saturated heterocycles. The Morgan fingerprint density at radius 1 is 1.03 bits per heavy atom. The maximum Gasteiger partial charge on any atom is 0.261 e. The summed E-state index contributed by atoms with van der Waals surface area (Å²) >= 11 is 0. The monoisotopic (exact) mass is 415 g/mol. The van der Waals surface area contributed by atoms with Crippen LogP contribution < -0.4 is 10.0 Å². The van der Waals surface area contributed by atoms with Crippen molar-refractivity contribution in [3.05, 3.63) is 59.2 Å². The summed E-state index contributed by atoms with van der Waals surface area (Å²) in [6, 6.07) is 11.2. The predicted octanol–water partition coefficient (Wildman–Crippen LogP) is 1.92. The molecule has 0 spiro atoms. The molecule has 0 bridgehead atoms. The van der Waals surface area contributed by atoms with E-state index in [0.29, 0.717) is 28.8 Å². The number of aryl methyl sites for hydroxylation is 1. The lowest BCUT2D eigenvalue weighted by atomic mass is 10.1. The number of amides is 3. The van der Waals surface area contributed by atoms with Crippen LogP contribution in [0, 0.1) is 6.92 Å². The summed E-state index contributed by atoms with van der Waals surface area (Å²) in [5.74, 6) is -1.05. The summed E-state index contributed by atoms with van der Waals surface area (Å²) < 4.78 is 26.3. The number of carbonyl (C=O) groups is 3. The largest absolute Gasteiger partial charge is 0.326 e. The average molecular weight is 415 g/mol. The minimum atomic E-state index is -3.64. The molecule has 0 unspecified atom stereocenters. The number of fused-ring (bicyclic) bond motifs is 1. The lowest BCUT2D eigenvalue weighted by molar-refractivity contribution is -0.116. The molecule has 3 amide bonds. The molecular formula is C20H21N3O5S. The second kappa shape index (κ2) is 8.14. The van der Waals surface area contributed by atoms with Crippen LogP contribution in [0.2, 0.25) is 0 Å². The van der Waals surface area contributed by atoms with Gasteiger partial charge < -0.3 is 5.32 Å². The number of nitrogens with zero attached hydrogens (tertiary/aromatic N) is 1. The van der Waals surface area contributed by atoms with Gasteiger partial charge in [0.2, 0.25) is 15.9 Å². The van der Waals surface area contributed by atoms with E-state index in [4.69, 9.17) is 0 Å². The Balaban J connectivity index is 1.58. The third-order valence-electron chi connectivity index (χ3n) is 4.69. The van der Waals surface area contributed by atoms with Crippen LogP contribution >= 0.6 is 0 Å². The zero-order valence-corrected chi connectivity index (χ0v) is 16.9. The number of benzene rings is 2.